The second-order valence-electron chi connectivity index (χ2n) is 5.93. The molecule has 5 heteroatoms. The number of nitro benzene ring substituents is 1. The van der Waals surface area contributed by atoms with E-state index in [0.717, 1.165) is 37.9 Å². The van der Waals surface area contributed by atoms with E-state index in [2.05, 4.69) is 18.7 Å². The molecule has 1 atom stereocenters. The van der Waals surface area contributed by atoms with Gasteiger partial charge in [0.15, 0.2) is 0 Å². The number of hydrogen-bond donors (Lipinski definition) is 1. The van der Waals surface area contributed by atoms with Crippen LogP contribution in [0.5, 0.6) is 0 Å². The summed E-state index contributed by atoms with van der Waals surface area (Å²) in [5.41, 5.74) is 1.69. The van der Waals surface area contributed by atoms with Crippen molar-refractivity contribution in [3.8, 4) is 0 Å². The van der Waals surface area contributed by atoms with Crippen molar-refractivity contribution >= 4 is 11.4 Å². The summed E-state index contributed by atoms with van der Waals surface area (Å²) in [6.07, 6.45) is 3.27. The van der Waals surface area contributed by atoms with Gasteiger partial charge < -0.3 is 10.0 Å². The monoisotopic (exact) mass is 278 g/mol. The average Bonchev–Trinajstić information content (AvgIpc) is 2.46. The SMILES string of the molecule is CCC1(C)CCCN(c2cc(CO)ccc2[N+](=O)[O-])C1. The zero-order chi connectivity index (χ0) is 14.8. The summed E-state index contributed by atoms with van der Waals surface area (Å²) in [6, 6.07) is 4.86. The van der Waals surface area contributed by atoms with Gasteiger partial charge in [-0.25, -0.2) is 0 Å². The smallest absolute Gasteiger partial charge is 0.292 e. The predicted molar refractivity (Wildman–Crippen MR) is 78.9 cm³/mol. The second kappa shape index (κ2) is 5.79. The van der Waals surface area contributed by atoms with Crippen LogP contribution in [-0.2, 0) is 6.61 Å². The lowest BCUT2D eigenvalue weighted by Gasteiger charge is -2.41. The van der Waals surface area contributed by atoms with E-state index in [1.54, 1.807) is 12.1 Å². The van der Waals surface area contributed by atoms with Crippen molar-refractivity contribution in [3.63, 3.8) is 0 Å². The molecular formula is C15H22N2O3. The van der Waals surface area contributed by atoms with Crippen LogP contribution in [0.25, 0.3) is 0 Å². The molecule has 0 amide bonds. The minimum Gasteiger partial charge on any atom is -0.392 e. The topological polar surface area (TPSA) is 66.6 Å². The third-order valence-corrected chi connectivity index (χ3v) is 4.39. The highest BCUT2D eigenvalue weighted by Crippen LogP contribution is 2.38. The van der Waals surface area contributed by atoms with Crippen molar-refractivity contribution in [1.29, 1.82) is 0 Å². The molecule has 1 aromatic rings. The normalized spacial score (nSPS) is 22.9. The summed E-state index contributed by atoms with van der Waals surface area (Å²) in [4.78, 5) is 13.0. The van der Waals surface area contributed by atoms with Crippen LogP contribution in [0.15, 0.2) is 18.2 Å². The number of hydrogen-bond acceptors (Lipinski definition) is 4. The molecule has 110 valence electrons. The molecule has 5 nitrogen and oxygen atoms in total. The van der Waals surface area contributed by atoms with Gasteiger partial charge in [0.2, 0.25) is 0 Å². The molecule has 1 unspecified atom stereocenters. The molecule has 1 heterocycles. The van der Waals surface area contributed by atoms with Crippen LogP contribution in [0.1, 0.15) is 38.7 Å². The quantitative estimate of drug-likeness (QED) is 0.679. The molecule has 2 rings (SSSR count). The van der Waals surface area contributed by atoms with Crippen molar-refractivity contribution < 1.29 is 10.0 Å². The van der Waals surface area contributed by atoms with Crippen LogP contribution in [0.2, 0.25) is 0 Å². The highest BCUT2D eigenvalue weighted by Gasteiger charge is 2.32. The van der Waals surface area contributed by atoms with E-state index in [1.165, 1.54) is 6.07 Å². The molecule has 0 spiro atoms. The third kappa shape index (κ3) is 2.93. The van der Waals surface area contributed by atoms with Crippen LogP contribution in [0.3, 0.4) is 0 Å². The second-order valence-corrected chi connectivity index (χ2v) is 5.93. The first kappa shape index (κ1) is 14.8. The summed E-state index contributed by atoms with van der Waals surface area (Å²) in [7, 11) is 0. The number of rotatable bonds is 4. The molecular weight excluding hydrogens is 256 g/mol. The van der Waals surface area contributed by atoms with Gasteiger partial charge >= 0.3 is 0 Å². The number of anilines is 1. The maximum absolute atomic E-state index is 11.2. The van der Waals surface area contributed by atoms with Crippen LogP contribution in [0, 0.1) is 15.5 Å². The minimum absolute atomic E-state index is 0.0934. The molecule has 1 saturated heterocycles. The third-order valence-electron chi connectivity index (χ3n) is 4.39. The van der Waals surface area contributed by atoms with E-state index in [9.17, 15) is 15.2 Å². The first-order chi connectivity index (χ1) is 9.49. The fraction of sp³-hybridized carbons (Fsp3) is 0.600. The zero-order valence-electron chi connectivity index (χ0n) is 12.1. The fourth-order valence-electron chi connectivity index (χ4n) is 2.88. The van der Waals surface area contributed by atoms with Crippen molar-refractivity contribution in [2.24, 2.45) is 5.41 Å². The standard InChI is InChI=1S/C15H22N2O3/c1-3-15(2)7-4-8-16(11-15)14-9-12(10-18)5-6-13(14)17(19)20/h5-6,9,18H,3-4,7-8,10-11H2,1-2H3. The van der Waals surface area contributed by atoms with Crippen LogP contribution >= 0.6 is 0 Å². The molecule has 0 aromatic heterocycles. The number of aliphatic hydroxyl groups is 1. The van der Waals surface area contributed by atoms with Gasteiger partial charge in [-0.3, -0.25) is 10.1 Å². The average molecular weight is 278 g/mol. The van der Waals surface area contributed by atoms with E-state index in [1.807, 2.05) is 0 Å². The minimum atomic E-state index is -0.339. The molecule has 0 aliphatic carbocycles. The Kier molecular flexibility index (Phi) is 4.28. The number of benzene rings is 1. The first-order valence-electron chi connectivity index (χ1n) is 7.12. The maximum Gasteiger partial charge on any atom is 0.292 e. The fourth-order valence-corrected chi connectivity index (χ4v) is 2.88. The summed E-state index contributed by atoms with van der Waals surface area (Å²) in [6.45, 7) is 5.98. The molecule has 1 fully saturated rings. The van der Waals surface area contributed by atoms with Crippen LogP contribution < -0.4 is 4.90 Å². The van der Waals surface area contributed by atoms with E-state index in [-0.39, 0.29) is 22.6 Å². The summed E-state index contributed by atoms with van der Waals surface area (Å²) >= 11 is 0. The summed E-state index contributed by atoms with van der Waals surface area (Å²) in [5, 5.41) is 20.5. The van der Waals surface area contributed by atoms with Gasteiger partial charge in [0.05, 0.1) is 11.5 Å². The first-order valence-corrected chi connectivity index (χ1v) is 7.12. The Hall–Kier alpha value is -1.62. The lowest BCUT2D eigenvalue weighted by Crippen LogP contribution is -2.41. The molecule has 0 bridgehead atoms. The Morgan fingerprint density at radius 1 is 1.50 bits per heavy atom. The van der Waals surface area contributed by atoms with Gasteiger partial charge in [0.25, 0.3) is 5.69 Å². The van der Waals surface area contributed by atoms with Crippen LogP contribution in [0.4, 0.5) is 11.4 Å². The van der Waals surface area contributed by atoms with Gasteiger partial charge in [-0.1, -0.05) is 13.8 Å². The Balaban J connectivity index is 2.37. The number of nitro groups is 1. The van der Waals surface area contributed by atoms with Crippen molar-refractivity contribution in [3.05, 3.63) is 33.9 Å². The molecule has 1 aliphatic rings. The zero-order valence-corrected chi connectivity index (χ0v) is 12.1. The predicted octanol–water partition coefficient (Wildman–Crippen LogP) is 3.10. The Labute approximate surface area is 119 Å². The largest absolute Gasteiger partial charge is 0.392 e. The Bertz CT molecular complexity index is 504. The molecule has 1 N–H and O–H groups in total. The van der Waals surface area contributed by atoms with E-state index in [4.69, 9.17) is 0 Å². The summed E-state index contributed by atoms with van der Waals surface area (Å²) < 4.78 is 0. The molecule has 0 radical (unpaired) electrons. The van der Waals surface area contributed by atoms with Gasteiger partial charge in [0, 0.05) is 19.2 Å². The Morgan fingerprint density at radius 3 is 2.85 bits per heavy atom. The van der Waals surface area contributed by atoms with Crippen molar-refractivity contribution in [2.75, 3.05) is 18.0 Å². The van der Waals surface area contributed by atoms with E-state index >= 15 is 0 Å². The lowest BCUT2D eigenvalue weighted by atomic mass is 9.79. The molecule has 20 heavy (non-hydrogen) atoms. The molecule has 1 aliphatic heterocycles. The van der Waals surface area contributed by atoms with Gasteiger partial charge in [-0.05, 0) is 42.4 Å². The molecule has 1 aromatic carbocycles. The molecule has 0 saturated carbocycles. The highest BCUT2D eigenvalue weighted by molar-refractivity contribution is 5.65. The number of piperidine rings is 1. The van der Waals surface area contributed by atoms with Gasteiger partial charge in [0.1, 0.15) is 5.69 Å². The Morgan fingerprint density at radius 2 is 2.25 bits per heavy atom. The van der Waals surface area contributed by atoms with Crippen molar-refractivity contribution in [1.82, 2.24) is 0 Å². The maximum atomic E-state index is 11.2. The highest BCUT2D eigenvalue weighted by atomic mass is 16.6. The summed E-state index contributed by atoms with van der Waals surface area (Å²) in [5.74, 6) is 0. The lowest BCUT2D eigenvalue weighted by molar-refractivity contribution is -0.384. The van der Waals surface area contributed by atoms with Crippen LogP contribution in [-0.4, -0.2) is 23.1 Å². The number of nitrogens with zero attached hydrogens (tertiary/aromatic N) is 2. The van der Waals surface area contributed by atoms with E-state index in [0.29, 0.717) is 5.69 Å². The van der Waals surface area contributed by atoms with Gasteiger partial charge in [-0.15, -0.1) is 0 Å². The van der Waals surface area contributed by atoms with Crippen molar-refractivity contribution in [2.45, 2.75) is 39.7 Å². The van der Waals surface area contributed by atoms with E-state index < -0.39 is 0 Å². The number of aliphatic hydroxyl groups excluding tert-OH is 1. The van der Waals surface area contributed by atoms with Gasteiger partial charge in [-0.2, -0.15) is 0 Å².